The van der Waals surface area contributed by atoms with Crippen molar-refractivity contribution in [2.24, 2.45) is 33.8 Å². The van der Waals surface area contributed by atoms with E-state index in [9.17, 15) is 24.3 Å². The van der Waals surface area contributed by atoms with Gasteiger partial charge in [-0.2, -0.15) is 0 Å². The maximum atomic E-state index is 14.8. The number of aliphatic imine (C=N–C) groups is 1. The minimum Gasteiger partial charge on any atom is -0.461 e. The van der Waals surface area contributed by atoms with E-state index in [1.165, 1.54) is 32.1 Å². The predicted octanol–water partition coefficient (Wildman–Crippen LogP) is 6.38. The summed E-state index contributed by atoms with van der Waals surface area (Å²) in [6.45, 7) is 16.4. The van der Waals surface area contributed by atoms with Gasteiger partial charge in [0.05, 0.1) is 71.8 Å². The highest BCUT2D eigenvalue weighted by atomic mass is 32.1. The summed E-state index contributed by atoms with van der Waals surface area (Å²) < 4.78 is 46.4. The van der Waals surface area contributed by atoms with E-state index >= 15 is 0 Å². The van der Waals surface area contributed by atoms with E-state index in [1.807, 2.05) is 71.0 Å². The summed E-state index contributed by atoms with van der Waals surface area (Å²) in [5, 5.41) is 17.4. The molecule has 6 rings (SSSR count). The highest BCUT2D eigenvalue weighted by Gasteiger charge is 2.54. The first-order valence-electron chi connectivity index (χ1n) is 25.0. The molecule has 0 radical (unpaired) electrons. The molecule has 1 amide bonds. The first-order valence-corrected chi connectivity index (χ1v) is 25.8. The quantitative estimate of drug-likeness (QED) is 0.114. The number of aromatic nitrogens is 2. The molecule has 3 aromatic rings. The first-order chi connectivity index (χ1) is 34.5. The van der Waals surface area contributed by atoms with Crippen LogP contribution < -0.4 is 5.73 Å². The second-order valence-corrected chi connectivity index (χ2v) is 21.5. The highest BCUT2D eigenvalue weighted by Crippen LogP contribution is 2.42. The van der Waals surface area contributed by atoms with Crippen LogP contribution in [0.15, 0.2) is 64.9 Å². The molecule has 3 aromatic heterocycles. The number of thiophene rings is 1. The largest absolute Gasteiger partial charge is 0.461 e. The lowest BCUT2D eigenvalue weighted by Crippen LogP contribution is -2.61. The molecule has 3 saturated heterocycles. The summed E-state index contributed by atoms with van der Waals surface area (Å²) in [5.41, 5.74) is 4.40. The molecule has 3 aliphatic rings. The van der Waals surface area contributed by atoms with Gasteiger partial charge in [-0.25, -0.2) is 9.98 Å². The van der Waals surface area contributed by atoms with Crippen molar-refractivity contribution < 1.29 is 62.3 Å². The van der Waals surface area contributed by atoms with Crippen molar-refractivity contribution in [3.8, 4) is 10.6 Å². The number of cyclic esters (lactones) is 1. The molecule has 0 spiro atoms. The second kappa shape index (κ2) is 24.9. The van der Waals surface area contributed by atoms with E-state index in [-0.39, 0.29) is 56.9 Å². The molecule has 3 aliphatic heterocycles. The van der Waals surface area contributed by atoms with Crippen LogP contribution in [0.2, 0.25) is 0 Å². The number of aliphatic hydroxyl groups is 1. The van der Waals surface area contributed by atoms with Crippen LogP contribution >= 0.6 is 11.3 Å². The number of rotatable bonds is 12. The Hall–Kier alpha value is -5.22. The van der Waals surface area contributed by atoms with Crippen LogP contribution in [0.5, 0.6) is 0 Å². The Labute approximate surface area is 432 Å². The van der Waals surface area contributed by atoms with Crippen molar-refractivity contribution in [2.45, 2.75) is 162 Å². The van der Waals surface area contributed by atoms with Crippen LogP contribution in [0.4, 0.5) is 5.82 Å². The van der Waals surface area contributed by atoms with Gasteiger partial charge in [-0.1, -0.05) is 45.0 Å². The molecule has 20 heteroatoms. The van der Waals surface area contributed by atoms with Gasteiger partial charge in [0.25, 0.3) is 0 Å². The molecule has 2 bridgehead atoms. The fourth-order valence-electron chi connectivity index (χ4n) is 10.5. The van der Waals surface area contributed by atoms with Crippen molar-refractivity contribution in [3.05, 3.63) is 65.3 Å². The van der Waals surface area contributed by atoms with Gasteiger partial charge in [-0.05, 0) is 103 Å². The molecule has 19 nitrogen and oxygen atoms in total. The lowest BCUT2D eigenvalue weighted by molar-refractivity contribution is -0.304. The van der Waals surface area contributed by atoms with Crippen molar-refractivity contribution in [1.82, 2.24) is 14.9 Å². The number of pyridine rings is 2. The van der Waals surface area contributed by atoms with Crippen LogP contribution in [-0.4, -0.2) is 143 Å². The van der Waals surface area contributed by atoms with Gasteiger partial charge in [0.15, 0.2) is 19.0 Å². The third kappa shape index (κ3) is 14.3. The van der Waals surface area contributed by atoms with Gasteiger partial charge in [0, 0.05) is 42.5 Å². The highest BCUT2D eigenvalue weighted by molar-refractivity contribution is 7.15. The summed E-state index contributed by atoms with van der Waals surface area (Å²) in [5.74, 6) is -5.55. The van der Waals surface area contributed by atoms with E-state index < -0.39 is 95.5 Å². The van der Waals surface area contributed by atoms with Crippen LogP contribution in [0.25, 0.3) is 10.6 Å². The number of nitrogen functional groups attached to an aromatic ring is 1. The lowest BCUT2D eigenvalue weighted by atomic mass is 9.73. The Balaban J connectivity index is 1.53. The van der Waals surface area contributed by atoms with Crippen LogP contribution in [0.1, 0.15) is 99.1 Å². The molecule has 3 fully saturated rings. The summed E-state index contributed by atoms with van der Waals surface area (Å²) in [4.78, 5) is 78.0. The SMILES string of the molecule is CC[C@H]1OC(=O)[C@H](C)[C@@H](OC(=O)Cc2ccccn2)[C@H](C)[C@@H](O[C@@H]2O[C@H](C)C[C@H](N(C)C)[C@H]2OC(C)=O)[C@@]2(C)C[C@@H](C)C(=NC(C)=O)[C@H](C)[C@@H](OC/C(=N\OCc3ccc(-c4cccc(N)n4)s3)CO2)[C@]1(C)O. The number of nitrogens with zero attached hydrogens (tertiary/aromatic N) is 5. The van der Waals surface area contributed by atoms with E-state index in [2.05, 4.69) is 20.1 Å². The van der Waals surface area contributed by atoms with E-state index in [0.717, 1.165) is 15.4 Å². The zero-order valence-electron chi connectivity index (χ0n) is 44.1. The number of carbonyl (C=O) groups is 4. The Morgan fingerprint density at radius 3 is 2.38 bits per heavy atom. The van der Waals surface area contributed by atoms with Crippen LogP contribution in [0.3, 0.4) is 0 Å². The summed E-state index contributed by atoms with van der Waals surface area (Å²) in [6, 6.07) is 14.1. The van der Waals surface area contributed by atoms with Gasteiger partial charge >= 0.3 is 17.9 Å². The van der Waals surface area contributed by atoms with Gasteiger partial charge in [-0.3, -0.25) is 24.2 Å². The summed E-state index contributed by atoms with van der Waals surface area (Å²) in [7, 11) is 3.76. The normalized spacial score (nSPS) is 33.8. The second-order valence-electron chi connectivity index (χ2n) is 20.3. The molecule has 0 saturated carbocycles. The number of fused-ring (bicyclic) bond motifs is 5. The minimum atomic E-state index is -1.91. The van der Waals surface area contributed by atoms with Crippen LogP contribution in [0, 0.1) is 23.7 Å². The Bertz CT molecular complexity index is 2430. The van der Waals surface area contributed by atoms with Crippen molar-refractivity contribution in [3.63, 3.8) is 0 Å². The fraction of sp³-hybridized carbons (Fsp3) is 0.623. The van der Waals surface area contributed by atoms with Crippen LogP contribution in [-0.2, 0) is 70.2 Å². The smallest absolute Gasteiger partial charge is 0.312 e. The molecule has 73 heavy (non-hydrogen) atoms. The molecule has 6 heterocycles. The lowest BCUT2D eigenvalue weighted by Gasteiger charge is -2.49. The van der Waals surface area contributed by atoms with Crippen molar-refractivity contribution in [1.29, 1.82) is 0 Å². The number of amides is 1. The molecule has 14 atom stereocenters. The van der Waals surface area contributed by atoms with Gasteiger partial charge in [-0.15, -0.1) is 11.3 Å². The Morgan fingerprint density at radius 2 is 1.73 bits per heavy atom. The zero-order valence-corrected chi connectivity index (χ0v) is 45.0. The molecular weight excluding hydrogens is 961 g/mol. The molecule has 400 valence electrons. The fourth-order valence-corrected chi connectivity index (χ4v) is 11.4. The minimum absolute atomic E-state index is 0.0690. The maximum absolute atomic E-state index is 14.8. The number of hydrogen-bond donors (Lipinski definition) is 2. The standard InChI is InChI=1S/C53H74N6O13S/c1-13-42-53(10,64)49-31(4)45(56-34(7)60)29(2)25-52(9,66-27-37(26-65-49)58-67-28-38-20-21-41(73-38)39-18-16-19-43(54)57-39)48(72-51-47(69-35(8)61)40(59(11)12)23-30(3)68-51)32(5)46(33(6)50(63)70-42)71-44(62)24-36-17-14-15-22-55-36/h14-22,29-33,40,42,46-49,51,64H,13,23-28H2,1-12H3,(H2,54,57)/b56-45?,58-37+/t29-,30-,31+,32+,33-,40+,42-,46+,47-,48-,49-,51+,52-,53-/m1/s1. The number of likely N-dealkylation sites (N-methyl/N-ethyl adjacent to an activating group) is 1. The maximum Gasteiger partial charge on any atom is 0.312 e. The molecule has 3 N–H and O–H groups in total. The van der Waals surface area contributed by atoms with E-state index in [1.54, 1.807) is 51.2 Å². The third-order valence-electron chi connectivity index (χ3n) is 14.0. The third-order valence-corrected chi connectivity index (χ3v) is 15.1. The summed E-state index contributed by atoms with van der Waals surface area (Å²) in [6.07, 6.45) is -5.23. The van der Waals surface area contributed by atoms with Crippen molar-refractivity contribution >= 4 is 52.4 Å². The number of hydrogen-bond acceptors (Lipinski definition) is 19. The monoisotopic (exact) mass is 1030 g/mol. The van der Waals surface area contributed by atoms with E-state index in [4.69, 9.17) is 43.7 Å². The van der Waals surface area contributed by atoms with Crippen molar-refractivity contribution in [2.75, 3.05) is 33.0 Å². The number of oxime groups is 1. The van der Waals surface area contributed by atoms with Gasteiger partial charge in [0.2, 0.25) is 5.91 Å². The Morgan fingerprint density at radius 1 is 0.973 bits per heavy atom. The number of ether oxygens (including phenoxy) is 7. The predicted molar refractivity (Wildman–Crippen MR) is 273 cm³/mol. The number of esters is 3. The average molecular weight is 1040 g/mol. The molecule has 0 unspecified atom stereocenters. The number of nitrogens with two attached hydrogens (primary N) is 1. The molecule has 0 aliphatic carbocycles. The van der Waals surface area contributed by atoms with Gasteiger partial charge in [0.1, 0.15) is 29.3 Å². The van der Waals surface area contributed by atoms with Gasteiger partial charge < -0.3 is 53.7 Å². The van der Waals surface area contributed by atoms with E-state index in [0.29, 0.717) is 23.6 Å². The first kappa shape index (κ1) is 57.1. The number of anilines is 1. The zero-order chi connectivity index (χ0) is 53.4. The average Bonchev–Trinajstić information content (AvgIpc) is 3.80. The molecular formula is C53H74N6O13S. The summed E-state index contributed by atoms with van der Waals surface area (Å²) >= 11 is 1.47. The molecule has 0 aromatic carbocycles. The Kier molecular flexibility index (Phi) is 19.4. The topological polar surface area (TPSA) is 242 Å². The number of carbonyl (C=O) groups excluding carboxylic acids is 4.